The van der Waals surface area contributed by atoms with Crippen molar-refractivity contribution in [3.8, 4) is 0 Å². The zero-order chi connectivity index (χ0) is 9.26. The fourth-order valence-corrected chi connectivity index (χ4v) is 2.11. The molecular formula is C11H14FN. The van der Waals surface area contributed by atoms with Gasteiger partial charge in [-0.3, -0.25) is 0 Å². The van der Waals surface area contributed by atoms with Crippen LogP contribution in [0.3, 0.4) is 0 Å². The lowest BCUT2D eigenvalue weighted by atomic mass is 9.97. The highest BCUT2D eigenvalue weighted by atomic mass is 19.1. The molecule has 2 N–H and O–H groups in total. The van der Waals surface area contributed by atoms with E-state index in [-0.39, 0.29) is 11.9 Å². The molecule has 0 radical (unpaired) electrons. The summed E-state index contributed by atoms with van der Waals surface area (Å²) in [4.78, 5) is 0. The van der Waals surface area contributed by atoms with Crippen molar-refractivity contribution in [2.45, 2.75) is 31.2 Å². The summed E-state index contributed by atoms with van der Waals surface area (Å²) in [5.74, 6) is 0.262. The van der Waals surface area contributed by atoms with E-state index in [0.29, 0.717) is 5.92 Å². The first-order valence-corrected chi connectivity index (χ1v) is 4.77. The van der Waals surface area contributed by atoms with Crippen molar-refractivity contribution in [2.24, 2.45) is 5.73 Å². The highest BCUT2D eigenvalue weighted by Gasteiger charge is 2.24. The van der Waals surface area contributed by atoms with Gasteiger partial charge in [-0.25, -0.2) is 4.39 Å². The summed E-state index contributed by atoms with van der Waals surface area (Å²) in [6.45, 7) is 0. The van der Waals surface area contributed by atoms with Gasteiger partial charge in [0.2, 0.25) is 0 Å². The average molecular weight is 179 g/mol. The minimum Gasteiger partial charge on any atom is -0.328 e. The Morgan fingerprint density at radius 2 is 2.00 bits per heavy atom. The Morgan fingerprint density at radius 1 is 1.23 bits per heavy atom. The maximum absolute atomic E-state index is 13.3. The molecule has 1 fully saturated rings. The largest absolute Gasteiger partial charge is 0.328 e. The van der Waals surface area contributed by atoms with Crippen LogP contribution in [0, 0.1) is 5.82 Å². The van der Waals surface area contributed by atoms with Crippen molar-refractivity contribution in [3.05, 3.63) is 35.6 Å². The van der Waals surface area contributed by atoms with Gasteiger partial charge < -0.3 is 5.73 Å². The molecule has 2 atom stereocenters. The van der Waals surface area contributed by atoms with Gasteiger partial charge in [-0.2, -0.15) is 0 Å². The van der Waals surface area contributed by atoms with Gasteiger partial charge in [0.15, 0.2) is 0 Å². The fourth-order valence-electron chi connectivity index (χ4n) is 2.11. The van der Waals surface area contributed by atoms with E-state index in [1.165, 1.54) is 6.07 Å². The van der Waals surface area contributed by atoms with Crippen molar-refractivity contribution in [1.82, 2.24) is 0 Å². The Kier molecular flexibility index (Phi) is 2.32. The van der Waals surface area contributed by atoms with Crippen LogP contribution in [0.2, 0.25) is 0 Å². The summed E-state index contributed by atoms with van der Waals surface area (Å²) >= 11 is 0. The van der Waals surface area contributed by atoms with E-state index in [0.717, 1.165) is 24.8 Å². The van der Waals surface area contributed by atoms with Crippen molar-refractivity contribution in [3.63, 3.8) is 0 Å². The first-order valence-electron chi connectivity index (χ1n) is 4.77. The normalized spacial score (nSPS) is 27.8. The molecular weight excluding hydrogens is 165 g/mol. The minimum absolute atomic E-state index is 0.0819. The molecule has 0 aliphatic heterocycles. The van der Waals surface area contributed by atoms with E-state index in [1.807, 2.05) is 12.1 Å². The van der Waals surface area contributed by atoms with Gasteiger partial charge >= 0.3 is 0 Å². The third kappa shape index (κ3) is 1.73. The van der Waals surface area contributed by atoms with Crippen LogP contribution in [0.4, 0.5) is 4.39 Å². The molecule has 1 saturated carbocycles. The van der Waals surface area contributed by atoms with Crippen molar-refractivity contribution >= 4 is 0 Å². The van der Waals surface area contributed by atoms with Crippen molar-refractivity contribution < 1.29 is 4.39 Å². The third-order valence-electron chi connectivity index (χ3n) is 2.82. The third-order valence-corrected chi connectivity index (χ3v) is 2.82. The summed E-state index contributed by atoms with van der Waals surface area (Å²) in [5.41, 5.74) is 6.63. The molecule has 1 aliphatic carbocycles. The van der Waals surface area contributed by atoms with E-state index in [2.05, 4.69) is 0 Å². The number of halogens is 1. The van der Waals surface area contributed by atoms with E-state index in [9.17, 15) is 4.39 Å². The van der Waals surface area contributed by atoms with Crippen LogP contribution in [-0.2, 0) is 0 Å². The molecule has 0 amide bonds. The molecule has 2 rings (SSSR count). The molecule has 1 aromatic carbocycles. The number of rotatable bonds is 1. The Hall–Kier alpha value is -0.890. The van der Waals surface area contributed by atoms with Gasteiger partial charge in [-0.15, -0.1) is 0 Å². The molecule has 0 spiro atoms. The molecule has 0 aromatic heterocycles. The topological polar surface area (TPSA) is 26.0 Å². The summed E-state index contributed by atoms with van der Waals surface area (Å²) in [5, 5.41) is 0. The van der Waals surface area contributed by atoms with Crippen LogP contribution in [0.25, 0.3) is 0 Å². The molecule has 13 heavy (non-hydrogen) atoms. The van der Waals surface area contributed by atoms with Crippen LogP contribution in [0.1, 0.15) is 30.7 Å². The number of hydrogen-bond donors (Lipinski definition) is 1. The number of hydrogen-bond acceptors (Lipinski definition) is 1. The second kappa shape index (κ2) is 3.46. The van der Waals surface area contributed by atoms with Gasteiger partial charge in [0, 0.05) is 6.04 Å². The molecule has 2 heteroatoms. The van der Waals surface area contributed by atoms with Crippen LogP contribution in [0.15, 0.2) is 24.3 Å². The molecule has 1 aliphatic rings. The summed E-state index contributed by atoms with van der Waals surface area (Å²) in [6.07, 6.45) is 2.99. The molecule has 0 bridgehead atoms. The first-order chi connectivity index (χ1) is 6.27. The molecule has 70 valence electrons. The lowest BCUT2D eigenvalue weighted by molar-refractivity contribution is 0.576. The Bertz CT molecular complexity index is 298. The maximum Gasteiger partial charge on any atom is 0.126 e. The lowest BCUT2D eigenvalue weighted by Gasteiger charge is -2.10. The zero-order valence-electron chi connectivity index (χ0n) is 7.54. The van der Waals surface area contributed by atoms with E-state index in [4.69, 9.17) is 5.73 Å². The smallest absolute Gasteiger partial charge is 0.126 e. The maximum atomic E-state index is 13.3. The molecule has 1 aromatic rings. The Balaban J connectivity index is 2.21. The summed E-state index contributed by atoms with van der Waals surface area (Å²) in [6, 6.07) is 7.29. The molecule has 0 saturated heterocycles. The standard InChI is InChI=1S/C11H14FN/c12-11-4-2-1-3-10(11)8-5-6-9(13)7-8/h1-4,8-9H,5-7,13H2/t8-,9-/m0/s1. The number of nitrogens with two attached hydrogens (primary N) is 1. The minimum atomic E-state index is -0.0819. The Labute approximate surface area is 77.8 Å². The van der Waals surface area contributed by atoms with Crippen LogP contribution in [0.5, 0.6) is 0 Å². The van der Waals surface area contributed by atoms with E-state index >= 15 is 0 Å². The summed E-state index contributed by atoms with van der Waals surface area (Å²) < 4.78 is 13.3. The van der Waals surface area contributed by atoms with Gasteiger partial charge in [-0.05, 0) is 36.8 Å². The van der Waals surface area contributed by atoms with E-state index < -0.39 is 0 Å². The van der Waals surface area contributed by atoms with Gasteiger partial charge in [0.25, 0.3) is 0 Å². The highest BCUT2D eigenvalue weighted by Crippen LogP contribution is 2.34. The van der Waals surface area contributed by atoms with Gasteiger partial charge in [0.1, 0.15) is 5.82 Å². The van der Waals surface area contributed by atoms with Crippen LogP contribution < -0.4 is 5.73 Å². The summed E-state index contributed by atoms with van der Waals surface area (Å²) in [7, 11) is 0. The lowest BCUT2D eigenvalue weighted by Crippen LogP contribution is -2.14. The van der Waals surface area contributed by atoms with Gasteiger partial charge in [0.05, 0.1) is 0 Å². The predicted molar refractivity (Wildman–Crippen MR) is 51.0 cm³/mol. The SMILES string of the molecule is N[C@H]1CC[C@H](c2ccccc2F)C1. The number of benzene rings is 1. The van der Waals surface area contributed by atoms with Crippen molar-refractivity contribution in [2.75, 3.05) is 0 Å². The van der Waals surface area contributed by atoms with Crippen molar-refractivity contribution in [1.29, 1.82) is 0 Å². The highest BCUT2D eigenvalue weighted by molar-refractivity contribution is 5.23. The first kappa shape index (κ1) is 8.70. The quantitative estimate of drug-likeness (QED) is 0.704. The van der Waals surface area contributed by atoms with Crippen LogP contribution >= 0.6 is 0 Å². The van der Waals surface area contributed by atoms with Crippen LogP contribution in [-0.4, -0.2) is 6.04 Å². The van der Waals surface area contributed by atoms with E-state index in [1.54, 1.807) is 6.07 Å². The molecule has 0 heterocycles. The fraction of sp³-hybridized carbons (Fsp3) is 0.455. The predicted octanol–water partition coefficient (Wildman–Crippen LogP) is 2.42. The second-order valence-corrected chi connectivity index (χ2v) is 3.79. The monoisotopic (exact) mass is 179 g/mol. The second-order valence-electron chi connectivity index (χ2n) is 3.79. The molecule has 1 nitrogen and oxygen atoms in total. The molecule has 0 unspecified atom stereocenters. The Morgan fingerprint density at radius 3 is 2.62 bits per heavy atom. The average Bonchev–Trinajstić information content (AvgIpc) is 2.53. The zero-order valence-corrected chi connectivity index (χ0v) is 7.54. The van der Waals surface area contributed by atoms with Gasteiger partial charge in [-0.1, -0.05) is 18.2 Å².